The van der Waals surface area contributed by atoms with E-state index in [4.69, 9.17) is 9.47 Å². The van der Waals surface area contributed by atoms with Gasteiger partial charge in [0.15, 0.2) is 0 Å². The molecule has 4 aromatic rings. The number of nitrogens with zero attached hydrogens (tertiary/aromatic N) is 1. The van der Waals surface area contributed by atoms with Crippen molar-refractivity contribution in [2.75, 3.05) is 6.61 Å². The van der Waals surface area contributed by atoms with Crippen LogP contribution in [-0.2, 0) is 11.3 Å². The van der Waals surface area contributed by atoms with Crippen molar-refractivity contribution in [1.29, 1.82) is 0 Å². The predicted molar refractivity (Wildman–Crippen MR) is 130 cm³/mol. The lowest BCUT2D eigenvalue weighted by Crippen LogP contribution is -2.07. The Morgan fingerprint density at radius 3 is 2.53 bits per heavy atom. The molecule has 0 unspecified atom stereocenters. The number of carbonyl (C=O) groups excluding carboxylic acids is 1. The normalized spacial score (nSPS) is 10.7. The van der Waals surface area contributed by atoms with Gasteiger partial charge in [-0.1, -0.05) is 52.3 Å². The van der Waals surface area contributed by atoms with E-state index in [1.54, 1.807) is 13.0 Å². The van der Waals surface area contributed by atoms with E-state index >= 15 is 0 Å². The second-order valence-corrected chi connectivity index (χ2v) is 8.30. The van der Waals surface area contributed by atoms with Gasteiger partial charge in [0, 0.05) is 21.4 Å². The summed E-state index contributed by atoms with van der Waals surface area (Å²) in [5.41, 5.74) is 5.52. The number of hydrogen-bond acceptors (Lipinski definition) is 3. The maximum Gasteiger partial charge on any atom is 0.338 e. The molecule has 0 aliphatic carbocycles. The highest BCUT2D eigenvalue weighted by molar-refractivity contribution is 9.10. The lowest BCUT2D eigenvalue weighted by molar-refractivity contribution is 0.0526. The SMILES string of the molecule is CCOC(=O)c1cccc(-n2c(C)ccc2-c2cc(Br)ccc2OCc2ccccc2)c1. The number of carbonyl (C=O) groups is 1. The Labute approximate surface area is 196 Å². The molecule has 0 spiro atoms. The molecular weight excluding hydrogens is 466 g/mol. The van der Waals surface area contributed by atoms with Gasteiger partial charge in [-0.3, -0.25) is 0 Å². The van der Waals surface area contributed by atoms with E-state index in [9.17, 15) is 4.79 Å². The summed E-state index contributed by atoms with van der Waals surface area (Å²) in [4.78, 5) is 12.3. The van der Waals surface area contributed by atoms with Gasteiger partial charge in [-0.15, -0.1) is 0 Å². The second-order valence-electron chi connectivity index (χ2n) is 7.38. The molecule has 32 heavy (non-hydrogen) atoms. The molecule has 1 aromatic heterocycles. The smallest absolute Gasteiger partial charge is 0.338 e. The van der Waals surface area contributed by atoms with Gasteiger partial charge in [0.25, 0.3) is 0 Å². The Hall–Kier alpha value is -3.31. The van der Waals surface area contributed by atoms with Crippen molar-refractivity contribution in [1.82, 2.24) is 4.57 Å². The zero-order valence-electron chi connectivity index (χ0n) is 18.0. The largest absolute Gasteiger partial charge is 0.488 e. The number of halogens is 1. The molecule has 0 atom stereocenters. The van der Waals surface area contributed by atoms with E-state index in [2.05, 4.69) is 38.7 Å². The van der Waals surface area contributed by atoms with Crippen LogP contribution in [0.15, 0.2) is 89.4 Å². The summed E-state index contributed by atoms with van der Waals surface area (Å²) >= 11 is 3.60. The van der Waals surface area contributed by atoms with Gasteiger partial charge in [-0.05, 0) is 67.9 Å². The summed E-state index contributed by atoms with van der Waals surface area (Å²) in [6.45, 7) is 4.67. The topological polar surface area (TPSA) is 40.5 Å². The highest BCUT2D eigenvalue weighted by Gasteiger charge is 2.16. The van der Waals surface area contributed by atoms with Crippen molar-refractivity contribution in [3.05, 3.63) is 106 Å². The van der Waals surface area contributed by atoms with Gasteiger partial charge in [-0.2, -0.15) is 0 Å². The van der Waals surface area contributed by atoms with Crippen LogP contribution >= 0.6 is 15.9 Å². The minimum atomic E-state index is -0.324. The first-order valence-corrected chi connectivity index (χ1v) is 11.3. The average molecular weight is 490 g/mol. The number of ether oxygens (including phenoxy) is 2. The summed E-state index contributed by atoms with van der Waals surface area (Å²) < 4.78 is 14.5. The highest BCUT2D eigenvalue weighted by Crippen LogP contribution is 2.36. The first-order valence-electron chi connectivity index (χ1n) is 10.5. The second kappa shape index (κ2) is 9.88. The molecule has 0 saturated carbocycles. The van der Waals surface area contributed by atoms with E-state index in [1.807, 2.05) is 67.6 Å². The van der Waals surface area contributed by atoms with Crippen LogP contribution in [0.3, 0.4) is 0 Å². The fourth-order valence-corrected chi connectivity index (χ4v) is 4.00. The number of aromatic nitrogens is 1. The van der Waals surface area contributed by atoms with E-state index in [0.717, 1.165) is 38.4 Å². The molecule has 0 fully saturated rings. The van der Waals surface area contributed by atoms with Crippen LogP contribution in [0, 0.1) is 6.92 Å². The predicted octanol–water partition coefficient (Wildman–Crippen LogP) is 6.97. The maximum atomic E-state index is 12.3. The monoisotopic (exact) mass is 489 g/mol. The summed E-state index contributed by atoms with van der Waals surface area (Å²) in [6, 6.07) is 27.7. The van der Waals surface area contributed by atoms with Crippen molar-refractivity contribution in [3.63, 3.8) is 0 Å². The third-order valence-corrected chi connectivity index (χ3v) is 5.64. The number of rotatable bonds is 7. The summed E-state index contributed by atoms with van der Waals surface area (Å²) in [5.74, 6) is 0.466. The van der Waals surface area contributed by atoms with Crippen molar-refractivity contribution in [3.8, 4) is 22.7 Å². The molecule has 162 valence electrons. The average Bonchev–Trinajstić information content (AvgIpc) is 3.20. The zero-order valence-corrected chi connectivity index (χ0v) is 19.6. The molecule has 0 N–H and O–H groups in total. The van der Waals surface area contributed by atoms with Crippen LogP contribution in [0.2, 0.25) is 0 Å². The van der Waals surface area contributed by atoms with Crippen molar-refractivity contribution in [2.24, 2.45) is 0 Å². The minimum absolute atomic E-state index is 0.324. The van der Waals surface area contributed by atoms with E-state index in [0.29, 0.717) is 18.8 Å². The van der Waals surface area contributed by atoms with Crippen LogP contribution in [0.5, 0.6) is 5.75 Å². The molecule has 3 aromatic carbocycles. The van der Waals surface area contributed by atoms with Crippen LogP contribution < -0.4 is 4.74 Å². The number of benzene rings is 3. The van der Waals surface area contributed by atoms with Gasteiger partial charge < -0.3 is 14.0 Å². The Morgan fingerprint density at radius 1 is 0.938 bits per heavy atom. The quantitative estimate of drug-likeness (QED) is 0.263. The third kappa shape index (κ3) is 4.78. The minimum Gasteiger partial charge on any atom is -0.488 e. The summed E-state index contributed by atoms with van der Waals surface area (Å²) in [5, 5.41) is 0. The molecular formula is C27H24BrNO3. The molecule has 0 aliphatic heterocycles. The fourth-order valence-electron chi connectivity index (χ4n) is 3.64. The zero-order chi connectivity index (χ0) is 22.5. The van der Waals surface area contributed by atoms with Gasteiger partial charge >= 0.3 is 5.97 Å². The van der Waals surface area contributed by atoms with Gasteiger partial charge in [0.05, 0.1) is 17.9 Å². The van der Waals surface area contributed by atoms with Crippen LogP contribution in [0.25, 0.3) is 16.9 Å². The van der Waals surface area contributed by atoms with Crippen molar-refractivity contribution < 1.29 is 14.3 Å². The standard InChI is InChI=1S/C27H24BrNO3/c1-3-31-27(30)21-10-7-11-23(16-21)29-19(2)12-14-25(29)24-17-22(28)13-15-26(24)32-18-20-8-5-4-6-9-20/h4-17H,3,18H2,1-2H3. The lowest BCUT2D eigenvalue weighted by atomic mass is 10.1. The Balaban J connectivity index is 1.74. The molecule has 5 heteroatoms. The molecule has 0 aliphatic rings. The Bertz CT molecular complexity index is 1230. The van der Waals surface area contributed by atoms with E-state index in [1.165, 1.54) is 0 Å². The van der Waals surface area contributed by atoms with Crippen LogP contribution in [-0.4, -0.2) is 17.1 Å². The number of hydrogen-bond donors (Lipinski definition) is 0. The number of aryl methyl sites for hydroxylation is 1. The first-order chi connectivity index (χ1) is 15.6. The molecule has 4 rings (SSSR count). The van der Waals surface area contributed by atoms with Gasteiger partial charge in [0.2, 0.25) is 0 Å². The molecule has 1 heterocycles. The lowest BCUT2D eigenvalue weighted by Gasteiger charge is -2.17. The third-order valence-electron chi connectivity index (χ3n) is 5.15. The van der Waals surface area contributed by atoms with Crippen LogP contribution in [0.1, 0.15) is 28.5 Å². The van der Waals surface area contributed by atoms with E-state index < -0.39 is 0 Å². The molecule has 0 bridgehead atoms. The Morgan fingerprint density at radius 2 is 1.75 bits per heavy atom. The molecule has 0 radical (unpaired) electrons. The Kier molecular flexibility index (Phi) is 6.76. The summed E-state index contributed by atoms with van der Waals surface area (Å²) in [7, 11) is 0. The number of esters is 1. The van der Waals surface area contributed by atoms with Crippen LogP contribution in [0.4, 0.5) is 0 Å². The van der Waals surface area contributed by atoms with Gasteiger partial charge in [-0.25, -0.2) is 4.79 Å². The summed E-state index contributed by atoms with van der Waals surface area (Å²) in [6.07, 6.45) is 0. The highest BCUT2D eigenvalue weighted by atomic mass is 79.9. The van der Waals surface area contributed by atoms with E-state index in [-0.39, 0.29) is 5.97 Å². The van der Waals surface area contributed by atoms with Crippen molar-refractivity contribution >= 4 is 21.9 Å². The molecule has 4 nitrogen and oxygen atoms in total. The molecule has 0 amide bonds. The first kappa shape index (κ1) is 21.9. The van der Waals surface area contributed by atoms with Crippen molar-refractivity contribution in [2.45, 2.75) is 20.5 Å². The maximum absolute atomic E-state index is 12.3. The fraction of sp³-hybridized carbons (Fsp3) is 0.148. The molecule has 0 saturated heterocycles. The van der Waals surface area contributed by atoms with Gasteiger partial charge in [0.1, 0.15) is 12.4 Å².